The summed E-state index contributed by atoms with van der Waals surface area (Å²) in [5, 5.41) is 2.40. The second kappa shape index (κ2) is 4.04. The molecule has 4 heteroatoms. The summed E-state index contributed by atoms with van der Waals surface area (Å²) in [6, 6.07) is 1.87. The fourth-order valence-electron chi connectivity index (χ4n) is 0.580. The molecule has 11 heavy (non-hydrogen) atoms. The van der Waals surface area contributed by atoms with Gasteiger partial charge in [0.1, 0.15) is 6.29 Å². The van der Waals surface area contributed by atoms with E-state index in [9.17, 15) is 4.79 Å². The van der Waals surface area contributed by atoms with E-state index in [0.29, 0.717) is 11.3 Å². The van der Waals surface area contributed by atoms with Gasteiger partial charge in [-0.15, -0.1) is 11.3 Å². The second-order valence-corrected chi connectivity index (χ2v) is 4.01. The van der Waals surface area contributed by atoms with Crippen LogP contribution in [0.15, 0.2) is 22.0 Å². The number of allylic oxidation sites excluding steroid dienone is 1. The molecule has 0 atom stereocenters. The third kappa shape index (κ3) is 2.43. The first kappa shape index (κ1) is 8.97. The van der Waals surface area contributed by atoms with Crippen LogP contribution in [0.1, 0.15) is 4.88 Å². The van der Waals surface area contributed by atoms with Crippen LogP contribution < -0.4 is 0 Å². The molecule has 58 valence electrons. The third-order valence-electron chi connectivity index (χ3n) is 1.02. The molecule has 1 rings (SSSR count). The molecule has 0 bridgehead atoms. The molecule has 0 amide bonds. The zero-order valence-electron chi connectivity index (χ0n) is 5.38. The molecule has 0 saturated carbocycles. The van der Waals surface area contributed by atoms with Gasteiger partial charge >= 0.3 is 0 Å². The SMILES string of the molecule is O=CC=C(Cl)c1cc(Br)cs1. The average Bonchev–Trinajstić information content (AvgIpc) is 2.36. The Morgan fingerprint density at radius 3 is 2.91 bits per heavy atom. The number of rotatable bonds is 2. The minimum Gasteiger partial charge on any atom is -0.299 e. The number of carbonyl (C=O) groups excluding carboxylic acids is 1. The molecule has 1 aromatic heterocycles. The van der Waals surface area contributed by atoms with Gasteiger partial charge in [0.25, 0.3) is 0 Å². The molecular weight excluding hydrogens is 247 g/mol. The van der Waals surface area contributed by atoms with Crippen molar-refractivity contribution >= 4 is 50.2 Å². The van der Waals surface area contributed by atoms with Crippen molar-refractivity contribution in [3.8, 4) is 0 Å². The van der Waals surface area contributed by atoms with Crippen LogP contribution in [0.5, 0.6) is 0 Å². The van der Waals surface area contributed by atoms with E-state index in [1.807, 2.05) is 11.4 Å². The van der Waals surface area contributed by atoms with Crippen LogP contribution in [-0.4, -0.2) is 6.29 Å². The van der Waals surface area contributed by atoms with Gasteiger partial charge in [-0.05, 0) is 28.1 Å². The summed E-state index contributed by atoms with van der Waals surface area (Å²) >= 11 is 10.5. The largest absolute Gasteiger partial charge is 0.299 e. The van der Waals surface area contributed by atoms with Crippen molar-refractivity contribution in [3.63, 3.8) is 0 Å². The Balaban J connectivity index is 2.93. The Labute approximate surface area is 81.8 Å². The highest BCUT2D eigenvalue weighted by molar-refractivity contribution is 9.10. The van der Waals surface area contributed by atoms with Crippen LogP contribution in [0.2, 0.25) is 0 Å². The van der Waals surface area contributed by atoms with Crippen LogP contribution >= 0.6 is 38.9 Å². The molecule has 0 aromatic carbocycles. The molecule has 0 saturated heterocycles. The van der Waals surface area contributed by atoms with E-state index in [1.165, 1.54) is 17.4 Å². The standard InChI is InChI=1S/C7H4BrClOS/c8-5-3-7(11-4-5)6(9)1-2-10/h1-4H. The van der Waals surface area contributed by atoms with Crippen molar-refractivity contribution in [2.24, 2.45) is 0 Å². The first-order valence-corrected chi connectivity index (χ1v) is 4.84. The fraction of sp³-hybridized carbons (Fsp3) is 0. The van der Waals surface area contributed by atoms with Gasteiger partial charge in [0.05, 0.1) is 5.03 Å². The monoisotopic (exact) mass is 250 g/mol. The summed E-state index contributed by atoms with van der Waals surface area (Å²) < 4.78 is 0.981. The lowest BCUT2D eigenvalue weighted by molar-refractivity contribution is -0.104. The maximum absolute atomic E-state index is 10.0. The molecule has 0 unspecified atom stereocenters. The number of thiophene rings is 1. The topological polar surface area (TPSA) is 17.1 Å². The Morgan fingerprint density at radius 1 is 1.73 bits per heavy atom. The lowest BCUT2D eigenvalue weighted by atomic mass is 10.4. The molecule has 0 radical (unpaired) electrons. The number of carbonyl (C=O) groups is 1. The van der Waals surface area contributed by atoms with Gasteiger partial charge in [-0.3, -0.25) is 4.79 Å². The maximum Gasteiger partial charge on any atom is 0.144 e. The zero-order valence-corrected chi connectivity index (χ0v) is 8.54. The summed E-state index contributed by atoms with van der Waals surface area (Å²) in [5.74, 6) is 0. The quantitative estimate of drug-likeness (QED) is 0.582. The van der Waals surface area contributed by atoms with Gasteiger partial charge in [0, 0.05) is 14.7 Å². The predicted octanol–water partition coefficient (Wildman–Crippen LogP) is 3.29. The molecule has 0 aliphatic rings. The molecule has 0 spiro atoms. The van der Waals surface area contributed by atoms with Gasteiger partial charge in [-0.1, -0.05) is 11.6 Å². The average molecular weight is 252 g/mol. The van der Waals surface area contributed by atoms with E-state index in [0.717, 1.165) is 9.35 Å². The lowest BCUT2D eigenvalue weighted by Crippen LogP contribution is -1.68. The Morgan fingerprint density at radius 2 is 2.45 bits per heavy atom. The summed E-state index contributed by atoms with van der Waals surface area (Å²) in [7, 11) is 0. The zero-order chi connectivity index (χ0) is 8.27. The summed E-state index contributed by atoms with van der Waals surface area (Å²) in [5.41, 5.74) is 0. The molecule has 1 heterocycles. The Bertz CT molecular complexity index is 292. The minimum absolute atomic E-state index is 0.482. The number of hydrogen-bond acceptors (Lipinski definition) is 2. The number of halogens is 2. The van der Waals surface area contributed by atoms with E-state index in [4.69, 9.17) is 11.6 Å². The van der Waals surface area contributed by atoms with Crippen LogP contribution in [0, 0.1) is 0 Å². The molecule has 1 aromatic rings. The number of hydrogen-bond donors (Lipinski definition) is 0. The van der Waals surface area contributed by atoms with Gasteiger partial charge in [0.2, 0.25) is 0 Å². The fourth-order valence-corrected chi connectivity index (χ4v) is 2.16. The van der Waals surface area contributed by atoms with Crippen molar-refractivity contribution < 1.29 is 4.79 Å². The van der Waals surface area contributed by atoms with Crippen LogP contribution in [-0.2, 0) is 4.79 Å². The highest BCUT2D eigenvalue weighted by Gasteiger charge is 1.99. The maximum atomic E-state index is 10.0. The Kier molecular flexibility index (Phi) is 3.30. The van der Waals surface area contributed by atoms with E-state index in [2.05, 4.69) is 15.9 Å². The molecule has 0 fully saturated rings. The highest BCUT2D eigenvalue weighted by Crippen LogP contribution is 2.28. The van der Waals surface area contributed by atoms with Crippen LogP contribution in [0.4, 0.5) is 0 Å². The van der Waals surface area contributed by atoms with Crippen molar-refractivity contribution in [3.05, 3.63) is 26.9 Å². The minimum atomic E-state index is 0.482. The van der Waals surface area contributed by atoms with Gasteiger partial charge in [-0.2, -0.15) is 0 Å². The molecular formula is C7H4BrClOS. The first-order valence-electron chi connectivity index (χ1n) is 2.79. The molecule has 0 aliphatic carbocycles. The van der Waals surface area contributed by atoms with E-state index in [1.54, 1.807) is 0 Å². The van der Waals surface area contributed by atoms with E-state index in [-0.39, 0.29) is 0 Å². The third-order valence-corrected chi connectivity index (χ3v) is 3.18. The summed E-state index contributed by atoms with van der Waals surface area (Å²) in [6.45, 7) is 0. The normalized spacial score (nSPS) is 11.6. The van der Waals surface area contributed by atoms with Crippen molar-refractivity contribution in [1.29, 1.82) is 0 Å². The molecule has 0 N–H and O–H groups in total. The summed E-state index contributed by atoms with van der Waals surface area (Å²) in [4.78, 5) is 10.9. The van der Waals surface area contributed by atoms with Crippen molar-refractivity contribution in [2.45, 2.75) is 0 Å². The van der Waals surface area contributed by atoms with Crippen molar-refractivity contribution in [2.75, 3.05) is 0 Å². The first-order chi connectivity index (χ1) is 5.24. The van der Waals surface area contributed by atoms with E-state index < -0.39 is 0 Å². The smallest absolute Gasteiger partial charge is 0.144 e. The van der Waals surface area contributed by atoms with Crippen LogP contribution in [0.3, 0.4) is 0 Å². The Hall–Kier alpha value is -0.120. The molecule has 1 nitrogen and oxygen atoms in total. The van der Waals surface area contributed by atoms with Crippen LogP contribution in [0.25, 0.3) is 5.03 Å². The second-order valence-electron chi connectivity index (χ2n) is 1.78. The summed E-state index contributed by atoms with van der Waals surface area (Å²) in [6.07, 6.45) is 2.01. The molecule has 0 aliphatic heterocycles. The van der Waals surface area contributed by atoms with E-state index >= 15 is 0 Å². The van der Waals surface area contributed by atoms with Gasteiger partial charge < -0.3 is 0 Å². The van der Waals surface area contributed by atoms with Gasteiger partial charge in [-0.25, -0.2) is 0 Å². The van der Waals surface area contributed by atoms with Gasteiger partial charge in [0.15, 0.2) is 0 Å². The highest BCUT2D eigenvalue weighted by atomic mass is 79.9. The predicted molar refractivity (Wildman–Crippen MR) is 51.9 cm³/mol. The number of aldehydes is 1. The van der Waals surface area contributed by atoms with Crippen molar-refractivity contribution in [1.82, 2.24) is 0 Å². The lowest BCUT2D eigenvalue weighted by Gasteiger charge is -1.87.